The first kappa shape index (κ1) is 16.3. The van der Waals surface area contributed by atoms with Crippen molar-refractivity contribution in [3.05, 3.63) is 28.8 Å². The molecule has 0 aromatic heterocycles. The topological polar surface area (TPSA) is 75.3 Å². The van der Waals surface area contributed by atoms with Gasteiger partial charge in [-0.05, 0) is 38.1 Å². The van der Waals surface area contributed by atoms with Crippen LogP contribution >= 0.6 is 11.6 Å². The number of amides is 1. The summed E-state index contributed by atoms with van der Waals surface area (Å²) in [5, 5.41) is 3.18. The molecule has 1 fully saturated rings. The number of sulfonamides is 1. The van der Waals surface area contributed by atoms with Crippen molar-refractivity contribution in [2.75, 3.05) is 7.05 Å². The summed E-state index contributed by atoms with van der Waals surface area (Å²) in [5.74, 6) is -0.319. The van der Waals surface area contributed by atoms with Crippen LogP contribution < -0.4 is 10.0 Å². The second-order valence-corrected chi connectivity index (χ2v) is 7.45. The van der Waals surface area contributed by atoms with E-state index in [1.165, 1.54) is 31.7 Å². The molecule has 21 heavy (non-hydrogen) atoms. The fraction of sp³-hybridized carbons (Fsp3) is 0.500. The summed E-state index contributed by atoms with van der Waals surface area (Å²) in [4.78, 5) is 12.3. The van der Waals surface area contributed by atoms with E-state index in [4.69, 9.17) is 11.6 Å². The minimum atomic E-state index is -3.59. The molecule has 1 amide bonds. The molecule has 0 bridgehead atoms. The summed E-state index contributed by atoms with van der Waals surface area (Å²) in [5.41, 5.74) is 0.193. The van der Waals surface area contributed by atoms with E-state index in [2.05, 4.69) is 10.0 Å². The Kier molecular flexibility index (Phi) is 5.24. The number of hydrogen-bond donors (Lipinski definition) is 2. The molecule has 0 unspecified atom stereocenters. The Balaban J connectivity index is 2.21. The van der Waals surface area contributed by atoms with Crippen molar-refractivity contribution in [1.82, 2.24) is 10.0 Å². The van der Waals surface area contributed by atoms with Crippen molar-refractivity contribution >= 4 is 27.5 Å². The lowest BCUT2D eigenvalue weighted by Gasteiger charge is -2.23. The van der Waals surface area contributed by atoms with Crippen LogP contribution in [0.2, 0.25) is 5.02 Å². The fourth-order valence-corrected chi connectivity index (χ4v) is 3.43. The third-order valence-corrected chi connectivity index (χ3v) is 5.44. The van der Waals surface area contributed by atoms with Crippen LogP contribution in [0.4, 0.5) is 0 Å². The van der Waals surface area contributed by atoms with Crippen LogP contribution in [0.15, 0.2) is 23.1 Å². The largest absolute Gasteiger partial charge is 0.349 e. The smallest absolute Gasteiger partial charge is 0.253 e. The Bertz CT molecular complexity index is 625. The average Bonchev–Trinajstić information content (AvgIpc) is 2.48. The molecule has 116 valence electrons. The van der Waals surface area contributed by atoms with E-state index < -0.39 is 10.0 Å². The van der Waals surface area contributed by atoms with Crippen molar-refractivity contribution in [3.8, 4) is 0 Å². The summed E-state index contributed by atoms with van der Waals surface area (Å²) in [6.45, 7) is 0. The summed E-state index contributed by atoms with van der Waals surface area (Å²) in [6.07, 6.45) is 5.32. The van der Waals surface area contributed by atoms with Crippen LogP contribution in [0.1, 0.15) is 42.5 Å². The zero-order valence-electron chi connectivity index (χ0n) is 11.9. The van der Waals surface area contributed by atoms with E-state index in [9.17, 15) is 13.2 Å². The Morgan fingerprint density at radius 1 is 1.24 bits per heavy atom. The highest BCUT2D eigenvalue weighted by Gasteiger charge is 2.20. The molecule has 1 aromatic rings. The van der Waals surface area contributed by atoms with Gasteiger partial charge in [-0.15, -0.1) is 0 Å². The van der Waals surface area contributed by atoms with Gasteiger partial charge >= 0.3 is 0 Å². The molecule has 2 N–H and O–H groups in total. The summed E-state index contributed by atoms with van der Waals surface area (Å²) >= 11 is 6.03. The monoisotopic (exact) mass is 330 g/mol. The lowest BCUT2D eigenvalue weighted by Crippen LogP contribution is -2.36. The molecule has 0 heterocycles. The minimum absolute atomic E-state index is 0.0307. The molecule has 0 spiro atoms. The number of benzene rings is 1. The quantitative estimate of drug-likeness (QED) is 0.889. The normalized spacial score (nSPS) is 16.7. The Morgan fingerprint density at radius 2 is 1.90 bits per heavy atom. The third-order valence-electron chi connectivity index (χ3n) is 3.70. The van der Waals surface area contributed by atoms with Gasteiger partial charge in [-0.2, -0.15) is 0 Å². The van der Waals surface area contributed by atoms with Crippen molar-refractivity contribution < 1.29 is 13.2 Å². The first-order valence-corrected chi connectivity index (χ1v) is 8.84. The van der Waals surface area contributed by atoms with Crippen LogP contribution in [0, 0.1) is 0 Å². The van der Waals surface area contributed by atoms with Gasteiger partial charge in [-0.1, -0.05) is 30.9 Å². The molecule has 1 aromatic carbocycles. The van der Waals surface area contributed by atoms with Crippen molar-refractivity contribution in [3.63, 3.8) is 0 Å². The molecule has 1 aliphatic carbocycles. The Morgan fingerprint density at radius 3 is 2.52 bits per heavy atom. The number of nitrogens with one attached hydrogen (secondary N) is 2. The van der Waals surface area contributed by atoms with Gasteiger partial charge in [0.2, 0.25) is 10.0 Å². The molecule has 0 radical (unpaired) electrons. The van der Waals surface area contributed by atoms with Gasteiger partial charge in [0.05, 0.1) is 15.5 Å². The predicted octanol–water partition coefficient (Wildman–Crippen LogP) is 2.31. The first-order chi connectivity index (χ1) is 9.94. The number of carbonyl (C=O) groups is 1. The van der Waals surface area contributed by atoms with E-state index in [0.717, 1.165) is 25.7 Å². The maximum atomic E-state index is 12.3. The van der Waals surface area contributed by atoms with E-state index >= 15 is 0 Å². The highest BCUT2D eigenvalue weighted by Crippen LogP contribution is 2.22. The number of hydrogen-bond acceptors (Lipinski definition) is 3. The molecule has 7 heteroatoms. The third kappa shape index (κ3) is 3.96. The van der Waals surface area contributed by atoms with Crippen LogP contribution in [0.3, 0.4) is 0 Å². The minimum Gasteiger partial charge on any atom is -0.349 e. The van der Waals surface area contributed by atoms with Crippen LogP contribution in [0.25, 0.3) is 0 Å². The lowest BCUT2D eigenvalue weighted by atomic mass is 9.95. The van der Waals surface area contributed by atoms with Gasteiger partial charge in [-0.25, -0.2) is 13.1 Å². The second-order valence-electron chi connectivity index (χ2n) is 5.16. The van der Waals surface area contributed by atoms with E-state index in [1.807, 2.05) is 0 Å². The van der Waals surface area contributed by atoms with Gasteiger partial charge < -0.3 is 5.32 Å². The molecule has 1 aliphatic rings. The van der Waals surface area contributed by atoms with E-state index in [0.29, 0.717) is 0 Å². The number of rotatable bonds is 4. The van der Waals surface area contributed by atoms with Crippen LogP contribution in [-0.2, 0) is 10.0 Å². The first-order valence-electron chi connectivity index (χ1n) is 6.98. The van der Waals surface area contributed by atoms with Gasteiger partial charge in [0.25, 0.3) is 5.91 Å². The zero-order chi connectivity index (χ0) is 15.5. The fourth-order valence-electron chi connectivity index (χ4n) is 2.47. The molecular weight excluding hydrogens is 312 g/mol. The Hall–Kier alpha value is -1.11. The zero-order valence-corrected chi connectivity index (χ0v) is 13.4. The van der Waals surface area contributed by atoms with Gasteiger partial charge in [0.1, 0.15) is 0 Å². The molecule has 0 aliphatic heterocycles. The van der Waals surface area contributed by atoms with E-state index in [1.54, 1.807) is 0 Å². The summed E-state index contributed by atoms with van der Waals surface area (Å²) in [7, 11) is -2.27. The van der Waals surface area contributed by atoms with Crippen molar-refractivity contribution in [2.45, 2.75) is 43.0 Å². The number of carbonyl (C=O) groups excluding carboxylic acids is 1. The van der Waals surface area contributed by atoms with Crippen LogP contribution in [-0.4, -0.2) is 27.4 Å². The number of halogens is 1. The summed E-state index contributed by atoms with van der Waals surface area (Å²) in [6, 6.07) is 4.27. The summed E-state index contributed by atoms with van der Waals surface area (Å²) < 4.78 is 25.8. The predicted molar refractivity (Wildman–Crippen MR) is 82.0 cm³/mol. The van der Waals surface area contributed by atoms with E-state index in [-0.39, 0.29) is 27.4 Å². The maximum absolute atomic E-state index is 12.3. The molecule has 2 rings (SSSR count). The van der Waals surface area contributed by atoms with Gasteiger partial charge in [0.15, 0.2) is 0 Å². The second kappa shape index (κ2) is 6.77. The molecule has 0 saturated heterocycles. The lowest BCUT2D eigenvalue weighted by molar-refractivity contribution is 0.0927. The average molecular weight is 331 g/mol. The Labute approximate surface area is 130 Å². The molecule has 5 nitrogen and oxygen atoms in total. The van der Waals surface area contributed by atoms with Gasteiger partial charge in [0, 0.05) is 6.04 Å². The highest BCUT2D eigenvalue weighted by atomic mass is 35.5. The van der Waals surface area contributed by atoms with Crippen molar-refractivity contribution in [2.24, 2.45) is 0 Å². The SMILES string of the molecule is CNS(=O)(=O)c1ccc(Cl)c(C(=O)NC2CCCCC2)c1. The van der Waals surface area contributed by atoms with Crippen LogP contribution in [0.5, 0.6) is 0 Å². The van der Waals surface area contributed by atoms with Crippen molar-refractivity contribution in [1.29, 1.82) is 0 Å². The maximum Gasteiger partial charge on any atom is 0.253 e. The molecule has 0 atom stereocenters. The standard InChI is InChI=1S/C14H19ClN2O3S/c1-16-21(19,20)11-7-8-13(15)12(9-11)14(18)17-10-5-3-2-4-6-10/h7-10,16H,2-6H2,1H3,(H,17,18). The highest BCUT2D eigenvalue weighted by molar-refractivity contribution is 7.89. The molecular formula is C14H19ClN2O3S. The molecule has 1 saturated carbocycles. The van der Waals surface area contributed by atoms with Gasteiger partial charge in [-0.3, -0.25) is 4.79 Å².